The van der Waals surface area contributed by atoms with Gasteiger partial charge in [-0.15, -0.1) is 0 Å². The van der Waals surface area contributed by atoms with Crippen LogP contribution in [0.25, 0.3) is 11.3 Å². The van der Waals surface area contributed by atoms with Gasteiger partial charge in [0, 0.05) is 29.6 Å². The Hall–Kier alpha value is -2.34. The summed E-state index contributed by atoms with van der Waals surface area (Å²) in [5.41, 5.74) is 6.88. The van der Waals surface area contributed by atoms with Gasteiger partial charge in [0.1, 0.15) is 0 Å². The fraction of sp³-hybridized carbons (Fsp3) is 0.214. The molecule has 1 aliphatic rings. The van der Waals surface area contributed by atoms with Crippen LogP contribution < -0.4 is 10.6 Å². The van der Waals surface area contributed by atoms with Crippen LogP contribution in [0.2, 0.25) is 5.02 Å². The number of aromatic nitrogens is 2. The number of halogens is 1. The van der Waals surface area contributed by atoms with Crippen LogP contribution in [0.4, 0.5) is 5.82 Å². The Balaban J connectivity index is 1.86. The molecule has 0 saturated carbocycles. The predicted octanol–water partition coefficient (Wildman–Crippen LogP) is 1.57. The largest absolute Gasteiger partial charge is 0.369 e. The van der Waals surface area contributed by atoms with Gasteiger partial charge in [0.2, 0.25) is 11.8 Å². The monoisotopic (exact) mass is 304 g/mol. The third-order valence-corrected chi connectivity index (χ3v) is 3.74. The number of aromatic amines is 1. The molecular weight excluding hydrogens is 292 g/mol. The molecule has 2 aromatic rings. The maximum atomic E-state index is 11.9. The molecule has 2 heterocycles. The van der Waals surface area contributed by atoms with Gasteiger partial charge in [-0.3, -0.25) is 19.6 Å². The van der Waals surface area contributed by atoms with E-state index in [0.29, 0.717) is 10.8 Å². The molecule has 0 bridgehead atoms. The molecule has 1 saturated heterocycles. The number of H-pyrrole nitrogens is 1. The minimum atomic E-state index is -0.462. The number of hydrogen-bond acceptors (Lipinski definition) is 3. The van der Waals surface area contributed by atoms with E-state index in [2.05, 4.69) is 10.2 Å². The molecule has 0 spiro atoms. The average molecular weight is 305 g/mol. The van der Waals surface area contributed by atoms with Crippen LogP contribution >= 0.6 is 11.6 Å². The fourth-order valence-electron chi connectivity index (χ4n) is 2.37. The molecule has 21 heavy (non-hydrogen) atoms. The van der Waals surface area contributed by atoms with Crippen molar-refractivity contribution in [1.29, 1.82) is 0 Å². The van der Waals surface area contributed by atoms with E-state index in [1.54, 1.807) is 18.2 Å². The molecule has 0 aliphatic carbocycles. The summed E-state index contributed by atoms with van der Waals surface area (Å²) in [5, 5.41) is 7.63. The summed E-state index contributed by atoms with van der Waals surface area (Å²) in [4.78, 5) is 24.6. The first-order chi connectivity index (χ1) is 10.0. The number of nitrogens with two attached hydrogens (primary N) is 1. The highest BCUT2D eigenvalue weighted by Gasteiger charge is 2.35. The Morgan fingerprint density at radius 2 is 2.24 bits per heavy atom. The van der Waals surface area contributed by atoms with Crippen LogP contribution in [0.3, 0.4) is 0 Å². The van der Waals surface area contributed by atoms with Gasteiger partial charge in [-0.05, 0) is 12.1 Å². The van der Waals surface area contributed by atoms with Crippen molar-refractivity contribution in [2.45, 2.75) is 6.42 Å². The Kier molecular flexibility index (Phi) is 3.39. The molecule has 1 unspecified atom stereocenters. The SMILES string of the molecule is NC(=O)C1CC(=O)N(c2cc(-c3cccc(Cl)c3)[nH]n2)C1. The predicted molar refractivity (Wildman–Crippen MR) is 78.7 cm³/mol. The van der Waals surface area contributed by atoms with Crippen LogP contribution in [-0.4, -0.2) is 28.6 Å². The van der Waals surface area contributed by atoms with Crippen LogP contribution in [0.15, 0.2) is 30.3 Å². The second-order valence-electron chi connectivity index (χ2n) is 4.96. The molecule has 1 aliphatic heterocycles. The molecule has 0 radical (unpaired) electrons. The lowest BCUT2D eigenvalue weighted by Crippen LogP contribution is -2.28. The highest BCUT2D eigenvalue weighted by atomic mass is 35.5. The van der Waals surface area contributed by atoms with E-state index in [4.69, 9.17) is 17.3 Å². The van der Waals surface area contributed by atoms with E-state index in [1.165, 1.54) is 4.90 Å². The van der Waals surface area contributed by atoms with Crippen molar-refractivity contribution in [3.63, 3.8) is 0 Å². The van der Waals surface area contributed by atoms with Gasteiger partial charge in [-0.25, -0.2) is 0 Å². The van der Waals surface area contributed by atoms with Crippen LogP contribution in [-0.2, 0) is 9.59 Å². The number of nitrogens with zero attached hydrogens (tertiary/aromatic N) is 2. The Morgan fingerprint density at radius 1 is 1.43 bits per heavy atom. The highest BCUT2D eigenvalue weighted by Crippen LogP contribution is 2.28. The third-order valence-electron chi connectivity index (χ3n) is 3.50. The Bertz CT molecular complexity index is 713. The van der Waals surface area contributed by atoms with Gasteiger partial charge in [0.25, 0.3) is 0 Å². The summed E-state index contributed by atoms with van der Waals surface area (Å²) >= 11 is 5.96. The number of rotatable bonds is 3. The summed E-state index contributed by atoms with van der Waals surface area (Å²) in [6, 6.07) is 9.07. The number of nitrogens with one attached hydrogen (secondary N) is 1. The van der Waals surface area contributed by atoms with Crippen molar-refractivity contribution < 1.29 is 9.59 Å². The third kappa shape index (κ3) is 2.62. The second kappa shape index (κ2) is 5.21. The smallest absolute Gasteiger partial charge is 0.229 e. The normalized spacial score (nSPS) is 18.2. The maximum Gasteiger partial charge on any atom is 0.229 e. The molecule has 7 heteroatoms. The van der Waals surface area contributed by atoms with Crippen LogP contribution in [0, 0.1) is 5.92 Å². The zero-order valence-electron chi connectivity index (χ0n) is 11.0. The Labute approximate surface area is 125 Å². The van der Waals surface area contributed by atoms with Gasteiger partial charge in [-0.2, -0.15) is 5.10 Å². The van der Waals surface area contributed by atoms with E-state index in [0.717, 1.165) is 11.3 Å². The van der Waals surface area contributed by atoms with Gasteiger partial charge in [0.15, 0.2) is 5.82 Å². The first kappa shape index (κ1) is 13.6. The molecule has 1 fully saturated rings. The average Bonchev–Trinajstić information content (AvgIpc) is 3.05. The van der Waals surface area contributed by atoms with E-state index in [-0.39, 0.29) is 18.9 Å². The highest BCUT2D eigenvalue weighted by molar-refractivity contribution is 6.30. The van der Waals surface area contributed by atoms with Crippen molar-refractivity contribution in [1.82, 2.24) is 10.2 Å². The van der Waals surface area contributed by atoms with Crippen molar-refractivity contribution in [2.24, 2.45) is 11.7 Å². The molecule has 2 amide bonds. The van der Waals surface area contributed by atoms with Gasteiger partial charge in [-0.1, -0.05) is 23.7 Å². The van der Waals surface area contributed by atoms with Crippen molar-refractivity contribution in [2.75, 3.05) is 11.4 Å². The molecule has 108 valence electrons. The minimum absolute atomic E-state index is 0.134. The lowest BCUT2D eigenvalue weighted by atomic mass is 10.1. The standard InChI is InChI=1S/C14H13ClN4O2/c15-10-3-1-2-8(4-10)11-6-12(18-17-11)19-7-9(14(16)21)5-13(19)20/h1-4,6,9H,5,7H2,(H2,16,21)(H,17,18). The number of primary amides is 1. The molecule has 6 nitrogen and oxygen atoms in total. The number of carbonyl (C=O) groups excluding carboxylic acids is 2. The topological polar surface area (TPSA) is 92.1 Å². The maximum absolute atomic E-state index is 11.9. The number of benzene rings is 1. The fourth-order valence-corrected chi connectivity index (χ4v) is 2.56. The van der Waals surface area contributed by atoms with Crippen molar-refractivity contribution >= 4 is 29.2 Å². The zero-order chi connectivity index (χ0) is 15.0. The molecule has 1 aromatic heterocycles. The minimum Gasteiger partial charge on any atom is -0.369 e. The zero-order valence-corrected chi connectivity index (χ0v) is 11.8. The molecule has 1 atom stereocenters. The van der Waals surface area contributed by atoms with E-state index in [9.17, 15) is 9.59 Å². The molecular formula is C14H13ClN4O2. The molecule has 1 aromatic carbocycles. The summed E-state index contributed by atoms with van der Waals surface area (Å²) in [7, 11) is 0. The summed E-state index contributed by atoms with van der Waals surface area (Å²) < 4.78 is 0. The van der Waals surface area contributed by atoms with Crippen molar-refractivity contribution in [3.05, 3.63) is 35.4 Å². The number of carbonyl (C=O) groups is 2. The van der Waals surface area contributed by atoms with Crippen LogP contribution in [0.1, 0.15) is 6.42 Å². The number of amides is 2. The van der Waals surface area contributed by atoms with Crippen LogP contribution in [0.5, 0.6) is 0 Å². The first-order valence-electron chi connectivity index (χ1n) is 6.45. The lowest BCUT2D eigenvalue weighted by molar-refractivity contribution is -0.123. The van der Waals surface area contributed by atoms with Gasteiger partial charge in [0.05, 0.1) is 11.6 Å². The van der Waals surface area contributed by atoms with Gasteiger partial charge >= 0.3 is 0 Å². The van der Waals surface area contributed by atoms with E-state index < -0.39 is 11.8 Å². The quantitative estimate of drug-likeness (QED) is 0.901. The summed E-state index contributed by atoms with van der Waals surface area (Å²) in [6.45, 7) is 0.272. The number of hydrogen-bond donors (Lipinski definition) is 2. The second-order valence-corrected chi connectivity index (χ2v) is 5.39. The number of anilines is 1. The molecule has 3 rings (SSSR count). The van der Waals surface area contributed by atoms with Crippen molar-refractivity contribution in [3.8, 4) is 11.3 Å². The summed E-state index contributed by atoms with van der Waals surface area (Å²) in [5.74, 6) is -0.582. The lowest BCUT2D eigenvalue weighted by Gasteiger charge is -2.11. The van der Waals surface area contributed by atoms with E-state index >= 15 is 0 Å². The Morgan fingerprint density at radius 3 is 2.90 bits per heavy atom. The van der Waals surface area contributed by atoms with Gasteiger partial charge < -0.3 is 5.73 Å². The van der Waals surface area contributed by atoms with E-state index in [1.807, 2.05) is 12.1 Å². The molecule has 3 N–H and O–H groups in total. The summed E-state index contributed by atoms with van der Waals surface area (Å²) in [6.07, 6.45) is 0.134. The first-order valence-corrected chi connectivity index (χ1v) is 6.83.